The van der Waals surface area contributed by atoms with Gasteiger partial charge >= 0.3 is 5.97 Å². The SMILES string of the molecule is CC(=O)N(c1nc(/C=C2/N=C(c3ccc(Cl)c(Cl)c3)OC2=O)cs1)c1ccccc1F. The molecule has 4 rings (SSSR count). The summed E-state index contributed by atoms with van der Waals surface area (Å²) in [5.41, 5.74) is 0.975. The predicted octanol–water partition coefficient (Wildman–Crippen LogP) is 5.62. The number of hydrogen-bond acceptors (Lipinski definition) is 6. The number of aliphatic imine (C=N–C) groups is 1. The van der Waals surface area contributed by atoms with E-state index in [1.807, 2.05) is 0 Å². The molecule has 0 saturated heterocycles. The van der Waals surface area contributed by atoms with Crippen LogP contribution >= 0.6 is 34.5 Å². The van der Waals surface area contributed by atoms with Crippen LogP contribution in [0.25, 0.3) is 6.08 Å². The average Bonchev–Trinajstić information content (AvgIpc) is 3.33. The van der Waals surface area contributed by atoms with Gasteiger partial charge in [-0.1, -0.05) is 35.3 Å². The fourth-order valence-electron chi connectivity index (χ4n) is 2.79. The van der Waals surface area contributed by atoms with Crippen molar-refractivity contribution >= 4 is 69.2 Å². The van der Waals surface area contributed by atoms with Crippen LogP contribution in [0.1, 0.15) is 18.2 Å². The molecule has 31 heavy (non-hydrogen) atoms. The molecule has 2 aromatic carbocycles. The van der Waals surface area contributed by atoms with E-state index in [1.165, 1.54) is 36.1 Å². The van der Waals surface area contributed by atoms with Gasteiger partial charge in [-0.05, 0) is 36.4 Å². The maximum atomic E-state index is 14.2. The number of cyclic esters (lactones) is 1. The molecule has 0 unspecified atom stereocenters. The fraction of sp³-hybridized carbons (Fsp3) is 0.0476. The number of nitrogens with zero attached hydrogens (tertiary/aromatic N) is 3. The maximum Gasteiger partial charge on any atom is 0.363 e. The van der Waals surface area contributed by atoms with Crippen LogP contribution in [0.4, 0.5) is 15.2 Å². The number of carbonyl (C=O) groups is 2. The molecule has 1 aliphatic heterocycles. The lowest BCUT2D eigenvalue weighted by atomic mass is 10.2. The lowest BCUT2D eigenvalue weighted by Crippen LogP contribution is -2.23. The van der Waals surface area contributed by atoms with E-state index in [4.69, 9.17) is 27.9 Å². The molecule has 0 spiro atoms. The van der Waals surface area contributed by atoms with Crippen molar-refractivity contribution in [2.75, 3.05) is 4.90 Å². The highest BCUT2D eigenvalue weighted by Gasteiger charge is 2.26. The van der Waals surface area contributed by atoms with E-state index in [0.717, 1.165) is 11.3 Å². The summed E-state index contributed by atoms with van der Waals surface area (Å²) >= 11 is 13.0. The summed E-state index contributed by atoms with van der Waals surface area (Å²) in [5.74, 6) is -1.53. The van der Waals surface area contributed by atoms with Crippen molar-refractivity contribution in [1.29, 1.82) is 0 Å². The molecule has 3 aromatic rings. The third-order valence-corrected chi connectivity index (χ3v) is 5.76. The second kappa shape index (κ2) is 8.58. The standard InChI is InChI=1S/C21H12Cl2FN3O3S/c1-11(28)27(18-5-3-2-4-16(18)24)21-25-13(10-31-21)9-17-20(29)30-19(26-17)12-6-7-14(22)15(23)8-12/h2-10H,1H3/b17-9+. The van der Waals surface area contributed by atoms with Crippen LogP contribution in [0.15, 0.2) is 58.5 Å². The van der Waals surface area contributed by atoms with Crippen LogP contribution < -0.4 is 4.90 Å². The van der Waals surface area contributed by atoms with E-state index in [2.05, 4.69) is 9.98 Å². The molecule has 0 radical (unpaired) electrons. The number of anilines is 2. The number of amides is 1. The Morgan fingerprint density at radius 1 is 1.19 bits per heavy atom. The Balaban J connectivity index is 1.65. The Morgan fingerprint density at radius 3 is 2.68 bits per heavy atom. The summed E-state index contributed by atoms with van der Waals surface area (Å²) in [7, 11) is 0. The summed E-state index contributed by atoms with van der Waals surface area (Å²) in [6, 6.07) is 10.6. The molecule has 6 nitrogen and oxygen atoms in total. The molecule has 0 bridgehead atoms. The lowest BCUT2D eigenvalue weighted by molar-refractivity contribution is -0.130. The Bertz CT molecular complexity index is 1270. The fourth-order valence-corrected chi connectivity index (χ4v) is 3.92. The number of thiazole rings is 1. The zero-order chi connectivity index (χ0) is 22.1. The van der Waals surface area contributed by atoms with E-state index in [0.29, 0.717) is 21.3 Å². The van der Waals surface area contributed by atoms with Gasteiger partial charge in [0.25, 0.3) is 0 Å². The van der Waals surface area contributed by atoms with Gasteiger partial charge in [0.15, 0.2) is 10.8 Å². The molecule has 156 valence electrons. The quantitative estimate of drug-likeness (QED) is 0.362. The summed E-state index contributed by atoms with van der Waals surface area (Å²) in [5, 5.41) is 2.55. The third-order valence-electron chi connectivity index (χ3n) is 4.18. The predicted molar refractivity (Wildman–Crippen MR) is 118 cm³/mol. The smallest absolute Gasteiger partial charge is 0.363 e. The van der Waals surface area contributed by atoms with Crippen molar-refractivity contribution in [3.05, 3.63) is 80.7 Å². The van der Waals surface area contributed by atoms with Gasteiger partial charge in [0.05, 0.1) is 21.4 Å². The first kappa shape index (κ1) is 21.2. The Labute approximate surface area is 190 Å². The molecular weight excluding hydrogens is 464 g/mol. The number of ether oxygens (including phenoxy) is 1. The molecule has 1 amide bonds. The molecule has 2 heterocycles. The first-order chi connectivity index (χ1) is 14.8. The molecule has 1 aromatic heterocycles. The highest BCUT2D eigenvalue weighted by atomic mass is 35.5. The second-order valence-electron chi connectivity index (χ2n) is 6.33. The van der Waals surface area contributed by atoms with Crippen molar-refractivity contribution in [3.8, 4) is 0 Å². The van der Waals surface area contributed by atoms with Crippen LogP contribution in [0.3, 0.4) is 0 Å². The number of para-hydroxylation sites is 1. The molecule has 0 N–H and O–H groups in total. The second-order valence-corrected chi connectivity index (χ2v) is 7.98. The van der Waals surface area contributed by atoms with E-state index in [9.17, 15) is 14.0 Å². The number of aromatic nitrogens is 1. The van der Waals surface area contributed by atoms with Crippen LogP contribution in [0.2, 0.25) is 10.0 Å². The first-order valence-corrected chi connectivity index (χ1v) is 10.5. The number of halogens is 3. The van der Waals surface area contributed by atoms with E-state index in [1.54, 1.807) is 29.6 Å². The zero-order valence-electron chi connectivity index (χ0n) is 15.8. The molecule has 0 aliphatic carbocycles. The maximum absolute atomic E-state index is 14.2. The minimum absolute atomic E-state index is 0.0261. The topological polar surface area (TPSA) is 71.9 Å². The number of esters is 1. The number of benzene rings is 2. The van der Waals surface area contributed by atoms with Crippen LogP contribution in [0, 0.1) is 5.82 Å². The highest BCUT2D eigenvalue weighted by molar-refractivity contribution is 7.14. The van der Waals surface area contributed by atoms with Gasteiger partial charge in [-0.3, -0.25) is 9.69 Å². The normalized spacial score (nSPS) is 14.5. The van der Waals surface area contributed by atoms with Crippen molar-refractivity contribution in [3.63, 3.8) is 0 Å². The van der Waals surface area contributed by atoms with E-state index < -0.39 is 17.7 Å². The van der Waals surface area contributed by atoms with Gasteiger partial charge < -0.3 is 4.74 Å². The van der Waals surface area contributed by atoms with E-state index >= 15 is 0 Å². The summed E-state index contributed by atoms with van der Waals surface area (Å²) in [4.78, 5) is 34.1. The summed E-state index contributed by atoms with van der Waals surface area (Å²) in [6.07, 6.45) is 1.42. The van der Waals surface area contributed by atoms with Gasteiger partial charge in [-0.2, -0.15) is 0 Å². The van der Waals surface area contributed by atoms with Crippen molar-refractivity contribution in [2.24, 2.45) is 4.99 Å². The molecule has 0 saturated carbocycles. The molecule has 0 atom stereocenters. The minimum atomic E-state index is -0.659. The third kappa shape index (κ3) is 4.36. The van der Waals surface area contributed by atoms with Gasteiger partial charge in [-0.15, -0.1) is 11.3 Å². The van der Waals surface area contributed by atoms with Crippen LogP contribution in [0.5, 0.6) is 0 Å². The molecule has 1 aliphatic rings. The monoisotopic (exact) mass is 475 g/mol. The van der Waals surface area contributed by atoms with Gasteiger partial charge in [0, 0.05) is 17.9 Å². The highest BCUT2D eigenvalue weighted by Crippen LogP contribution is 2.32. The van der Waals surface area contributed by atoms with Crippen molar-refractivity contribution in [2.45, 2.75) is 6.92 Å². The molecule has 0 fully saturated rings. The van der Waals surface area contributed by atoms with Crippen LogP contribution in [-0.2, 0) is 14.3 Å². The number of rotatable bonds is 4. The van der Waals surface area contributed by atoms with Crippen molar-refractivity contribution < 1.29 is 18.7 Å². The van der Waals surface area contributed by atoms with E-state index in [-0.39, 0.29) is 22.4 Å². The molecular formula is C21H12Cl2FN3O3S. The number of hydrogen-bond donors (Lipinski definition) is 0. The summed E-state index contributed by atoms with van der Waals surface area (Å²) < 4.78 is 19.4. The Kier molecular flexibility index (Phi) is 5.86. The van der Waals surface area contributed by atoms with Gasteiger partial charge in [-0.25, -0.2) is 19.2 Å². The number of carbonyl (C=O) groups excluding carboxylic acids is 2. The van der Waals surface area contributed by atoms with Crippen LogP contribution in [-0.4, -0.2) is 22.8 Å². The lowest BCUT2D eigenvalue weighted by Gasteiger charge is -2.18. The average molecular weight is 476 g/mol. The van der Waals surface area contributed by atoms with Gasteiger partial charge in [0.1, 0.15) is 5.82 Å². The Hall–Kier alpha value is -3.07. The Morgan fingerprint density at radius 2 is 1.97 bits per heavy atom. The zero-order valence-corrected chi connectivity index (χ0v) is 18.1. The first-order valence-electron chi connectivity index (χ1n) is 8.82. The van der Waals surface area contributed by atoms with Gasteiger partial charge in [0.2, 0.25) is 11.8 Å². The largest absolute Gasteiger partial charge is 0.402 e. The van der Waals surface area contributed by atoms with Crippen molar-refractivity contribution in [1.82, 2.24) is 4.98 Å². The minimum Gasteiger partial charge on any atom is -0.402 e. The summed E-state index contributed by atoms with van der Waals surface area (Å²) in [6.45, 7) is 1.31. The molecule has 10 heteroatoms.